The molecule has 0 unspecified atom stereocenters. The highest BCUT2D eigenvalue weighted by Gasteiger charge is 2.01. The molecule has 0 saturated carbocycles. The van der Waals surface area contributed by atoms with Crippen LogP contribution in [0.3, 0.4) is 0 Å². The van der Waals surface area contributed by atoms with Crippen molar-refractivity contribution < 1.29 is 9.63 Å². The van der Waals surface area contributed by atoms with Gasteiger partial charge in [-0.05, 0) is 6.42 Å². The molecule has 110 valence electrons. The van der Waals surface area contributed by atoms with Gasteiger partial charge in [0.15, 0.2) is 5.78 Å². The number of hydrogen-bond acceptors (Lipinski definition) is 3. The van der Waals surface area contributed by atoms with Gasteiger partial charge in [0.25, 0.3) is 0 Å². The van der Waals surface area contributed by atoms with Gasteiger partial charge < -0.3 is 0 Å². The molecule has 0 spiro atoms. The Kier molecular flexibility index (Phi) is 18.1. The maximum Gasteiger partial charge on any atom is 0.168 e. The molecule has 4 nitrogen and oxygen atoms in total. The van der Waals surface area contributed by atoms with Crippen LogP contribution in [0.2, 0.25) is 0 Å². The van der Waals surface area contributed by atoms with Crippen molar-refractivity contribution in [1.29, 1.82) is 0 Å². The number of carbonyl (C=O) groups excluding carboxylic acids is 1. The average molecular weight is 289 g/mol. The first-order chi connectivity index (χ1) is 9.24. The second-order valence-corrected chi connectivity index (χ2v) is 4.17. The van der Waals surface area contributed by atoms with Crippen molar-refractivity contribution in [1.82, 2.24) is 5.48 Å². The van der Waals surface area contributed by atoms with E-state index in [1.807, 2.05) is 0 Å². The number of terminal acetylenes is 1. The van der Waals surface area contributed by atoms with E-state index in [1.54, 1.807) is 0 Å². The number of alkyl halides is 1. The van der Waals surface area contributed by atoms with Crippen molar-refractivity contribution in [3.63, 3.8) is 0 Å². The smallest absolute Gasteiger partial charge is 0.168 e. The molecule has 0 heterocycles. The minimum absolute atomic E-state index is 0.0141. The van der Waals surface area contributed by atoms with Gasteiger partial charge in [-0.1, -0.05) is 32.6 Å². The molecule has 0 aromatic carbocycles. The lowest BCUT2D eigenvalue weighted by Gasteiger charge is -2.07. The van der Waals surface area contributed by atoms with Crippen LogP contribution in [-0.4, -0.2) is 31.2 Å². The molecule has 1 N–H and O–H groups in total. The van der Waals surface area contributed by atoms with E-state index >= 15 is 0 Å². The third-order valence-corrected chi connectivity index (χ3v) is 2.63. The quantitative estimate of drug-likeness (QED) is 0.168. The van der Waals surface area contributed by atoms with Crippen LogP contribution in [0, 0.1) is 12.8 Å². The van der Waals surface area contributed by atoms with E-state index in [4.69, 9.17) is 16.4 Å². The van der Waals surface area contributed by atoms with Crippen LogP contribution < -0.4 is 5.48 Å². The summed E-state index contributed by atoms with van der Waals surface area (Å²) < 4.78 is 0. The van der Waals surface area contributed by atoms with Crippen LogP contribution in [0.25, 0.3) is 0 Å². The summed E-state index contributed by atoms with van der Waals surface area (Å²) in [4.78, 5) is 20.0. The molecule has 0 aliphatic rings. The first-order valence-electron chi connectivity index (χ1n) is 6.47. The summed E-state index contributed by atoms with van der Waals surface area (Å²) in [5.41, 5.74) is 2.71. The van der Waals surface area contributed by atoms with Gasteiger partial charge in [0.1, 0.15) is 12.4 Å². The van der Waals surface area contributed by atoms with Gasteiger partial charge in [-0.15, -0.1) is 24.4 Å². The lowest BCUT2D eigenvalue weighted by molar-refractivity contribution is -0.115. The summed E-state index contributed by atoms with van der Waals surface area (Å²) in [6, 6.07) is 0. The molecule has 19 heavy (non-hydrogen) atoms. The molecule has 0 aromatic heterocycles. The van der Waals surface area contributed by atoms with Gasteiger partial charge in [-0.3, -0.25) is 20.1 Å². The number of carbonyl (C=O) groups is 1. The predicted octanol–water partition coefficient (Wildman–Crippen LogP) is 2.95. The summed E-state index contributed by atoms with van der Waals surface area (Å²) in [5.74, 6) is 0.663. The van der Waals surface area contributed by atoms with E-state index in [0.29, 0.717) is 0 Å². The van der Waals surface area contributed by atoms with Gasteiger partial charge in [0.2, 0.25) is 0 Å². The summed E-state index contributed by atoms with van der Waals surface area (Å²) >= 11 is 5.40. The summed E-state index contributed by atoms with van der Waals surface area (Å²) in [6.07, 6.45) is 14.8. The topological polar surface area (TPSA) is 50.7 Å². The van der Waals surface area contributed by atoms with E-state index in [9.17, 15) is 4.79 Å². The number of aliphatic imine (C=N–C) groups is 1. The van der Waals surface area contributed by atoms with Gasteiger partial charge >= 0.3 is 0 Å². The van der Waals surface area contributed by atoms with E-state index in [1.165, 1.54) is 32.8 Å². The molecule has 0 radical (unpaired) electrons. The number of halogens is 1. The van der Waals surface area contributed by atoms with Gasteiger partial charge in [-0.2, -0.15) is 0 Å². The number of hydrogen-bond donors (Lipinski definition) is 1. The zero-order chi connectivity index (χ0) is 14.9. The van der Waals surface area contributed by atoms with Crippen molar-refractivity contribution in [3.8, 4) is 12.8 Å². The maximum absolute atomic E-state index is 11.0. The van der Waals surface area contributed by atoms with Gasteiger partial charge in [0.05, 0.1) is 13.0 Å². The highest BCUT2D eigenvalue weighted by Crippen LogP contribution is 2.05. The summed E-state index contributed by atoms with van der Waals surface area (Å²) in [6.45, 7) is 2.32. The molecule has 0 fully saturated rings. The first-order valence-corrected chi connectivity index (χ1v) is 7.01. The number of amidine groups is 1. The molecule has 0 aromatic rings. The van der Waals surface area contributed by atoms with Crippen LogP contribution in [0.15, 0.2) is 4.99 Å². The fraction of sp³-hybridized carbons (Fsp3) is 0.714. The molecular weight excluding hydrogens is 264 g/mol. The second kappa shape index (κ2) is 16.9. The number of ketones is 1. The van der Waals surface area contributed by atoms with Gasteiger partial charge in [0, 0.05) is 6.42 Å². The normalized spacial score (nSPS) is 10.5. The van der Waals surface area contributed by atoms with E-state index in [2.05, 4.69) is 30.2 Å². The molecule has 5 heteroatoms. The molecule has 0 rings (SSSR count). The molecule has 0 amide bonds. The fourth-order valence-corrected chi connectivity index (χ4v) is 1.49. The summed E-state index contributed by atoms with van der Waals surface area (Å²) in [5, 5.41) is 0. The standard InChI is InChI=1S/C12H23ClN2O2.C2H2/c1-3-4-5-6-7-8-12(15-17-2)14-10-11(16)9-13;1-2/h3-10H2,1-2H3,(H,14,15);1-2H. The average Bonchev–Trinajstić information content (AvgIpc) is 2.46. The monoisotopic (exact) mass is 288 g/mol. The van der Waals surface area contributed by atoms with Crippen molar-refractivity contribution in [2.24, 2.45) is 4.99 Å². The Bertz CT molecular complexity index is 265. The highest BCUT2D eigenvalue weighted by atomic mass is 35.5. The second-order valence-electron chi connectivity index (χ2n) is 3.91. The third-order valence-electron chi connectivity index (χ3n) is 2.33. The van der Waals surface area contributed by atoms with Crippen LogP contribution in [0.4, 0.5) is 0 Å². The van der Waals surface area contributed by atoms with E-state index in [-0.39, 0.29) is 18.2 Å². The Morgan fingerprint density at radius 2 is 1.89 bits per heavy atom. The Balaban J connectivity index is 0. The minimum atomic E-state index is -0.0759. The largest absolute Gasteiger partial charge is 0.296 e. The van der Waals surface area contributed by atoms with Crippen LogP contribution in [-0.2, 0) is 9.63 Å². The molecule has 0 atom stereocenters. The van der Waals surface area contributed by atoms with E-state index in [0.717, 1.165) is 18.7 Å². The SMILES string of the molecule is C#C.CCCCCCCC(=NCC(=O)CCl)NOC. The lowest BCUT2D eigenvalue weighted by Crippen LogP contribution is -2.23. The Morgan fingerprint density at radius 1 is 1.26 bits per heavy atom. The fourth-order valence-electron chi connectivity index (χ4n) is 1.40. The molecule has 0 bridgehead atoms. The Labute approximate surface area is 121 Å². The molecule has 0 aliphatic carbocycles. The number of Topliss-reactive ketones (excluding diaryl/α,β-unsaturated/α-hetero) is 1. The van der Waals surface area contributed by atoms with Crippen molar-refractivity contribution in [2.75, 3.05) is 19.5 Å². The predicted molar refractivity (Wildman–Crippen MR) is 81.4 cm³/mol. The van der Waals surface area contributed by atoms with Crippen molar-refractivity contribution >= 4 is 23.2 Å². The van der Waals surface area contributed by atoms with Crippen LogP contribution in [0.5, 0.6) is 0 Å². The number of rotatable bonds is 10. The Hall–Kier alpha value is -1.05. The van der Waals surface area contributed by atoms with Gasteiger partial charge in [-0.25, -0.2) is 0 Å². The lowest BCUT2D eigenvalue weighted by atomic mass is 10.1. The van der Waals surface area contributed by atoms with Crippen molar-refractivity contribution in [2.45, 2.75) is 45.4 Å². The van der Waals surface area contributed by atoms with Crippen LogP contribution in [0.1, 0.15) is 45.4 Å². The number of nitrogens with one attached hydrogen (secondary N) is 1. The molecular formula is C14H25ClN2O2. The van der Waals surface area contributed by atoms with E-state index < -0.39 is 0 Å². The number of nitrogens with zero attached hydrogens (tertiary/aromatic N) is 1. The molecule has 0 aliphatic heterocycles. The summed E-state index contributed by atoms with van der Waals surface area (Å²) in [7, 11) is 1.54. The molecule has 0 saturated heterocycles. The number of hydroxylamine groups is 1. The maximum atomic E-state index is 11.0. The zero-order valence-corrected chi connectivity index (χ0v) is 12.7. The van der Waals surface area contributed by atoms with Crippen molar-refractivity contribution in [3.05, 3.63) is 0 Å². The third kappa shape index (κ3) is 14.9. The van der Waals surface area contributed by atoms with Crippen LogP contribution >= 0.6 is 11.6 Å². The Morgan fingerprint density at radius 3 is 2.42 bits per heavy atom. The first kappa shape index (κ1) is 20.3. The minimum Gasteiger partial charge on any atom is -0.296 e. The zero-order valence-electron chi connectivity index (χ0n) is 12.0. The number of unbranched alkanes of at least 4 members (excludes halogenated alkanes) is 4. The highest BCUT2D eigenvalue weighted by molar-refractivity contribution is 6.28.